The number of rotatable bonds is 5. The molecule has 5 aliphatic rings. The van der Waals surface area contributed by atoms with Gasteiger partial charge in [-0.1, -0.05) is 53.9 Å². The Morgan fingerprint density at radius 3 is 2.48 bits per heavy atom. The summed E-state index contributed by atoms with van der Waals surface area (Å²) in [5.74, 6) is 6.67. The van der Waals surface area contributed by atoms with E-state index in [0.29, 0.717) is 27.9 Å². The second kappa shape index (κ2) is 6.83. The van der Waals surface area contributed by atoms with Gasteiger partial charge in [0.2, 0.25) is 0 Å². The number of Topliss-reactive ketones (excluding diaryl/α,β-unsaturated/α-hetero) is 1. The van der Waals surface area contributed by atoms with E-state index in [1.807, 2.05) is 0 Å². The summed E-state index contributed by atoms with van der Waals surface area (Å²) in [5, 5.41) is 0. The minimum Gasteiger partial charge on any atom is -0.299 e. The van der Waals surface area contributed by atoms with Gasteiger partial charge in [-0.15, -0.1) is 0 Å². The third-order valence-corrected chi connectivity index (χ3v) is 11.9. The third-order valence-electron chi connectivity index (χ3n) is 11.9. The number of hydrogen-bond donors (Lipinski definition) is 0. The van der Waals surface area contributed by atoms with E-state index in [1.165, 1.54) is 70.6 Å². The van der Waals surface area contributed by atoms with E-state index in [0.717, 1.165) is 41.9 Å². The van der Waals surface area contributed by atoms with Crippen LogP contribution in [-0.4, -0.2) is 5.78 Å². The van der Waals surface area contributed by atoms with Crippen LogP contribution >= 0.6 is 0 Å². The maximum Gasteiger partial charge on any atom is 0.136 e. The number of carbonyl (C=O) groups excluding carboxylic acids is 1. The fraction of sp³-hybridized carbons (Fsp3) is 0.964. The van der Waals surface area contributed by atoms with Crippen LogP contribution in [-0.2, 0) is 4.79 Å². The van der Waals surface area contributed by atoms with E-state index in [1.54, 1.807) is 0 Å². The van der Waals surface area contributed by atoms with Crippen LogP contribution in [0.4, 0.5) is 0 Å². The summed E-state index contributed by atoms with van der Waals surface area (Å²) in [4.78, 5) is 12.5. The Hall–Kier alpha value is -0.330. The SMILES string of the molecule is CC(C)CCC[C@@H](C)[C@H]1CC[C@H]2[C@@H]3CC[C@@]45C[C@@H]4C(=O)CC[C@]5(C)[C@H]3CC[C@]12C. The average Bonchev–Trinajstić information content (AvgIpc) is 3.31. The van der Waals surface area contributed by atoms with Crippen LogP contribution in [0, 0.1) is 57.7 Å². The molecule has 0 aliphatic heterocycles. The molecule has 0 aromatic heterocycles. The van der Waals surface area contributed by atoms with Crippen LogP contribution < -0.4 is 0 Å². The van der Waals surface area contributed by atoms with Gasteiger partial charge in [0.1, 0.15) is 5.78 Å². The maximum atomic E-state index is 12.5. The van der Waals surface area contributed by atoms with Crippen molar-refractivity contribution in [2.24, 2.45) is 57.7 Å². The van der Waals surface area contributed by atoms with Gasteiger partial charge in [-0.05, 0) is 103 Å². The highest BCUT2D eigenvalue weighted by Crippen LogP contribution is 2.79. The van der Waals surface area contributed by atoms with Gasteiger partial charge in [-0.25, -0.2) is 0 Å². The second-order valence-corrected chi connectivity index (χ2v) is 13.2. The van der Waals surface area contributed by atoms with Crippen molar-refractivity contribution >= 4 is 5.78 Å². The molecular weight excluding hydrogens is 352 g/mol. The Morgan fingerprint density at radius 1 is 0.931 bits per heavy atom. The van der Waals surface area contributed by atoms with E-state index in [9.17, 15) is 4.79 Å². The molecule has 0 heterocycles. The molecular formula is C28H46O. The van der Waals surface area contributed by atoms with Crippen molar-refractivity contribution < 1.29 is 4.79 Å². The predicted octanol–water partition coefficient (Wildman–Crippen LogP) is 7.68. The molecule has 1 spiro atoms. The Kier molecular flexibility index (Phi) is 4.85. The lowest BCUT2D eigenvalue weighted by Crippen LogP contribution is -2.55. The summed E-state index contributed by atoms with van der Waals surface area (Å²) in [7, 11) is 0. The molecule has 0 aromatic rings. The molecule has 0 N–H and O–H groups in total. The molecule has 1 heteroatoms. The monoisotopic (exact) mass is 398 g/mol. The Labute approximate surface area is 180 Å². The minimum absolute atomic E-state index is 0.444. The van der Waals surface area contributed by atoms with Crippen LogP contribution in [0.3, 0.4) is 0 Å². The zero-order valence-corrected chi connectivity index (χ0v) is 19.9. The first-order valence-electron chi connectivity index (χ1n) is 13.3. The highest BCUT2D eigenvalue weighted by Gasteiger charge is 2.74. The van der Waals surface area contributed by atoms with Gasteiger partial charge in [-0.2, -0.15) is 0 Å². The van der Waals surface area contributed by atoms with E-state index < -0.39 is 0 Å². The van der Waals surface area contributed by atoms with Gasteiger partial charge in [-0.3, -0.25) is 4.79 Å². The van der Waals surface area contributed by atoms with Gasteiger partial charge < -0.3 is 0 Å². The molecule has 0 aromatic carbocycles. The molecule has 164 valence electrons. The molecule has 0 amide bonds. The van der Waals surface area contributed by atoms with Crippen molar-refractivity contribution in [1.29, 1.82) is 0 Å². The van der Waals surface area contributed by atoms with Crippen LogP contribution in [0.2, 0.25) is 0 Å². The molecule has 0 unspecified atom stereocenters. The summed E-state index contributed by atoms with van der Waals surface area (Å²) in [5.41, 5.74) is 1.53. The Morgan fingerprint density at radius 2 is 1.72 bits per heavy atom. The molecule has 5 aliphatic carbocycles. The lowest BCUT2D eigenvalue weighted by Gasteiger charge is -2.61. The second-order valence-electron chi connectivity index (χ2n) is 13.2. The first-order valence-corrected chi connectivity index (χ1v) is 13.3. The van der Waals surface area contributed by atoms with E-state index in [4.69, 9.17) is 0 Å². The van der Waals surface area contributed by atoms with Gasteiger partial charge in [0, 0.05) is 12.3 Å². The van der Waals surface area contributed by atoms with Crippen molar-refractivity contribution in [3.63, 3.8) is 0 Å². The van der Waals surface area contributed by atoms with Gasteiger partial charge >= 0.3 is 0 Å². The van der Waals surface area contributed by atoms with Crippen molar-refractivity contribution in [3.8, 4) is 0 Å². The van der Waals surface area contributed by atoms with Crippen LogP contribution in [0.25, 0.3) is 0 Å². The smallest absolute Gasteiger partial charge is 0.136 e. The largest absolute Gasteiger partial charge is 0.299 e. The fourth-order valence-corrected chi connectivity index (χ4v) is 10.2. The normalized spacial score (nSPS) is 51.8. The lowest BCUT2D eigenvalue weighted by molar-refractivity contribution is -0.144. The third kappa shape index (κ3) is 2.80. The molecule has 0 bridgehead atoms. The summed E-state index contributed by atoms with van der Waals surface area (Å²) < 4.78 is 0. The standard InChI is InChI=1S/C28H46O/c1-18(2)7-6-8-19(3)21-9-10-22-20-11-16-28-17-24(28)25(29)13-15-27(28,5)23(20)12-14-26(21,22)4/h18-24H,6-17H2,1-5H3/t19-,20+,21-,22+,23+,24-,26-,27-,28-/m1/s1. The number of hydrogen-bond acceptors (Lipinski definition) is 1. The molecule has 5 rings (SSSR count). The topological polar surface area (TPSA) is 17.1 Å². The lowest BCUT2D eigenvalue weighted by atomic mass is 9.43. The maximum absolute atomic E-state index is 12.5. The molecule has 5 fully saturated rings. The molecule has 0 radical (unpaired) electrons. The zero-order chi connectivity index (χ0) is 20.6. The Balaban J connectivity index is 1.32. The molecule has 29 heavy (non-hydrogen) atoms. The zero-order valence-electron chi connectivity index (χ0n) is 19.9. The minimum atomic E-state index is 0.444. The van der Waals surface area contributed by atoms with Crippen LogP contribution in [0.15, 0.2) is 0 Å². The van der Waals surface area contributed by atoms with Gasteiger partial charge in [0.25, 0.3) is 0 Å². The Bertz CT molecular complexity index is 665. The van der Waals surface area contributed by atoms with Gasteiger partial charge in [0.15, 0.2) is 0 Å². The predicted molar refractivity (Wildman–Crippen MR) is 121 cm³/mol. The van der Waals surface area contributed by atoms with Crippen LogP contribution in [0.5, 0.6) is 0 Å². The van der Waals surface area contributed by atoms with E-state index in [-0.39, 0.29) is 0 Å². The van der Waals surface area contributed by atoms with Crippen molar-refractivity contribution in [3.05, 3.63) is 0 Å². The summed E-state index contributed by atoms with van der Waals surface area (Å²) in [6.45, 7) is 12.7. The molecule has 0 saturated heterocycles. The van der Waals surface area contributed by atoms with Crippen molar-refractivity contribution in [1.82, 2.24) is 0 Å². The van der Waals surface area contributed by atoms with E-state index >= 15 is 0 Å². The highest BCUT2D eigenvalue weighted by atomic mass is 16.1. The van der Waals surface area contributed by atoms with E-state index in [2.05, 4.69) is 34.6 Å². The van der Waals surface area contributed by atoms with Gasteiger partial charge in [0.05, 0.1) is 0 Å². The number of carbonyl (C=O) groups is 1. The average molecular weight is 399 g/mol. The van der Waals surface area contributed by atoms with Crippen molar-refractivity contribution in [2.45, 2.75) is 112 Å². The molecule has 5 saturated carbocycles. The van der Waals surface area contributed by atoms with Crippen molar-refractivity contribution in [2.75, 3.05) is 0 Å². The number of fused-ring (bicyclic) bond motifs is 4. The number of ketones is 1. The summed E-state index contributed by atoms with van der Waals surface area (Å²) in [6, 6.07) is 0. The highest BCUT2D eigenvalue weighted by molar-refractivity contribution is 5.86. The quantitative estimate of drug-likeness (QED) is 0.464. The first kappa shape index (κ1) is 20.6. The first-order chi connectivity index (χ1) is 13.7. The summed E-state index contributed by atoms with van der Waals surface area (Å²) in [6.07, 6.45) is 16.4. The molecule has 1 nitrogen and oxygen atoms in total. The fourth-order valence-electron chi connectivity index (χ4n) is 10.2. The van der Waals surface area contributed by atoms with Crippen LogP contribution in [0.1, 0.15) is 112 Å². The molecule has 9 atom stereocenters. The summed E-state index contributed by atoms with van der Waals surface area (Å²) >= 11 is 0.